The number of hydrogen-bond donors (Lipinski definition) is 1. The minimum atomic E-state index is -0.929. The fourth-order valence-electron chi connectivity index (χ4n) is 5.00. The number of fused-ring (bicyclic) bond motifs is 1. The van der Waals surface area contributed by atoms with Crippen molar-refractivity contribution < 1.29 is 19.1 Å². The Morgan fingerprint density at radius 3 is 2.45 bits per heavy atom. The first-order valence-corrected chi connectivity index (χ1v) is 12.8. The van der Waals surface area contributed by atoms with Crippen molar-refractivity contribution in [1.29, 1.82) is 0 Å². The minimum absolute atomic E-state index is 0.0858. The van der Waals surface area contributed by atoms with E-state index in [2.05, 4.69) is 15.6 Å². The van der Waals surface area contributed by atoms with E-state index in [9.17, 15) is 9.59 Å². The molecule has 196 valence electrons. The van der Waals surface area contributed by atoms with Gasteiger partial charge in [0, 0.05) is 11.7 Å². The molecule has 1 fully saturated rings. The summed E-state index contributed by atoms with van der Waals surface area (Å²) in [4.78, 5) is 29.6. The van der Waals surface area contributed by atoms with Crippen molar-refractivity contribution in [2.75, 3.05) is 19.1 Å². The van der Waals surface area contributed by atoms with Gasteiger partial charge in [0.2, 0.25) is 11.8 Å². The van der Waals surface area contributed by atoms with Crippen LogP contribution in [0.25, 0.3) is 11.0 Å². The summed E-state index contributed by atoms with van der Waals surface area (Å²) in [5.41, 5.74) is 2.64. The van der Waals surface area contributed by atoms with Crippen LogP contribution in [0.5, 0.6) is 11.5 Å². The molecule has 1 atom stereocenters. The van der Waals surface area contributed by atoms with Gasteiger partial charge in [0.1, 0.15) is 29.6 Å². The summed E-state index contributed by atoms with van der Waals surface area (Å²) in [7, 11) is 3.16. The normalized spacial score (nSPS) is 14.3. The fourth-order valence-corrected chi connectivity index (χ4v) is 5.00. The fraction of sp³-hybridized carbons (Fsp3) is 0.310. The molecule has 0 bridgehead atoms. The summed E-state index contributed by atoms with van der Waals surface area (Å²) in [6.07, 6.45) is 4.01. The maximum Gasteiger partial charge on any atom is 0.249 e. The van der Waals surface area contributed by atoms with E-state index in [0.29, 0.717) is 28.3 Å². The Labute approximate surface area is 221 Å². The first-order chi connectivity index (χ1) is 18.6. The van der Waals surface area contributed by atoms with Gasteiger partial charge in [-0.3, -0.25) is 14.5 Å². The number of ether oxygens (including phenoxy) is 2. The van der Waals surface area contributed by atoms with E-state index < -0.39 is 6.04 Å². The summed E-state index contributed by atoms with van der Waals surface area (Å²) >= 11 is 0. The summed E-state index contributed by atoms with van der Waals surface area (Å²) in [5, 5.41) is 11.6. The molecule has 0 spiro atoms. The highest BCUT2D eigenvalue weighted by atomic mass is 16.5. The van der Waals surface area contributed by atoms with Crippen LogP contribution >= 0.6 is 0 Å². The third-order valence-corrected chi connectivity index (χ3v) is 6.94. The van der Waals surface area contributed by atoms with Crippen LogP contribution in [0, 0.1) is 0 Å². The molecule has 9 heteroatoms. The number of benzene rings is 3. The van der Waals surface area contributed by atoms with Crippen LogP contribution in [0.15, 0.2) is 72.8 Å². The van der Waals surface area contributed by atoms with Crippen LogP contribution in [0.2, 0.25) is 0 Å². The van der Waals surface area contributed by atoms with Crippen molar-refractivity contribution in [1.82, 2.24) is 20.3 Å². The van der Waals surface area contributed by atoms with Crippen molar-refractivity contribution in [2.45, 2.75) is 44.3 Å². The monoisotopic (exact) mass is 513 g/mol. The number of nitrogens with one attached hydrogen (secondary N) is 1. The average molecular weight is 514 g/mol. The van der Waals surface area contributed by atoms with Crippen LogP contribution < -0.4 is 19.7 Å². The maximum atomic E-state index is 14.1. The number of para-hydroxylation sites is 1. The molecule has 0 aliphatic heterocycles. The number of amides is 2. The minimum Gasteiger partial charge on any atom is -0.497 e. The molecule has 1 aliphatic carbocycles. The molecule has 1 saturated carbocycles. The highest BCUT2D eigenvalue weighted by Gasteiger charge is 2.35. The lowest BCUT2D eigenvalue weighted by atomic mass is 10.0. The standard InChI is InChI=1S/C29H31N5O4/c1-37-23-16-14-22(15-17-23)34(27(35)19-33-26-13-6-5-12-25(26)31-32-33)28(20-8-7-11-24(18-20)38-2)29(36)30-21-9-3-4-10-21/h5-8,11-18,21,28H,3-4,9-10,19H2,1-2H3,(H,30,36)/t28-/m0/s1. The van der Waals surface area contributed by atoms with Gasteiger partial charge in [0.25, 0.3) is 0 Å². The van der Waals surface area contributed by atoms with Crippen LogP contribution in [0.3, 0.4) is 0 Å². The second kappa shape index (κ2) is 11.3. The molecule has 0 unspecified atom stereocenters. The van der Waals surface area contributed by atoms with Gasteiger partial charge in [0.05, 0.1) is 19.7 Å². The van der Waals surface area contributed by atoms with Gasteiger partial charge in [-0.25, -0.2) is 4.68 Å². The van der Waals surface area contributed by atoms with E-state index in [1.807, 2.05) is 42.5 Å². The Morgan fingerprint density at radius 2 is 1.71 bits per heavy atom. The molecule has 5 rings (SSSR count). The zero-order valence-electron chi connectivity index (χ0n) is 21.5. The molecule has 1 aliphatic rings. The molecule has 3 aromatic carbocycles. The summed E-state index contributed by atoms with van der Waals surface area (Å²) < 4.78 is 12.3. The lowest BCUT2D eigenvalue weighted by Crippen LogP contribution is -2.47. The zero-order valence-corrected chi connectivity index (χ0v) is 21.5. The number of methoxy groups -OCH3 is 2. The van der Waals surface area contributed by atoms with Gasteiger partial charge in [-0.15, -0.1) is 5.10 Å². The molecule has 0 radical (unpaired) electrons. The van der Waals surface area contributed by atoms with Crippen molar-refractivity contribution in [3.63, 3.8) is 0 Å². The van der Waals surface area contributed by atoms with Crippen LogP contribution in [0.1, 0.15) is 37.3 Å². The molecule has 4 aromatic rings. The zero-order chi connectivity index (χ0) is 26.5. The van der Waals surface area contributed by atoms with E-state index in [-0.39, 0.29) is 24.4 Å². The Balaban J connectivity index is 1.58. The highest BCUT2D eigenvalue weighted by Crippen LogP contribution is 2.32. The Morgan fingerprint density at radius 1 is 0.974 bits per heavy atom. The third kappa shape index (κ3) is 5.32. The van der Waals surface area contributed by atoms with Crippen molar-refractivity contribution >= 4 is 28.5 Å². The van der Waals surface area contributed by atoms with Crippen LogP contribution in [-0.4, -0.2) is 47.1 Å². The third-order valence-electron chi connectivity index (χ3n) is 6.94. The molecular formula is C29H31N5O4. The molecule has 1 N–H and O–H groups in total. The van der Waals surface area contributed by atoms with Gasteiger partial charge in [0.15, 0.2) is 0 Å². The number of rotatable bonds is 9. The van der Waals surface area contributed by atoms with Crippen molar-refractivity contribution in [3.8, 4) is 11.5 Å². The first kappa shape index (κ1) is 25.3. The van der Waals surface area contributed by atoms with E-state index in [1.54, 1.807) is 49.2 Å². The summed E-state index contributed by atoms with van der Waals surface area (Å²) in [6.45, 7) is -0.0935. The molecule has 1 aromatic heterocycles. The van der Waals surface area contributed by atoms with E-state index in [0.717, 1.165) is 31.2 Å². The molecule has 2 amide bonds. The second-order valence-electron chi connectivity index (χ2n) is 9.37. The van der Waals surface area contributed by atoms with Crippen molar-refractivity contribution in [3.05, 3.63) is 78.4 Å². The molecule has 1 heterocycles. The van der Waals surface area contributed by atoms with Crippen LogP contribution in [0.4, 0.5) is 5.69 Å². The number of aromatic nitrogens is 3. The van der Waals surface area contributed by atoms with Crippen molar-refractivity contribution in [2.24, 2.45) is 0 Å². The van der Waals surface area contributed by atoms with Gasteiger partial charge in [-0.05, 0) is 66.9 Å². The number of anilines is 1. The second-order valence-corrected chi connectivity index (χ2v) is 9.37. The molecule has 0 saturated heterocycles. The average Bonchev–Trinajstić information content (AvgIpc) is 3.62. The number of carbonyl (C=O) groups is 2. The maximum absolute atomic E-state index is 14.1. The predicted molar refractivity (Wildman–Crippen MR) is 144 cm³/mol. The Bertz CT molecular complexity index is 1410. The van der Waals surface area contributed by atoms with Gasteiger partial charge < -0.3 is 14.8 Å². The number of nitrogens with zero attached hydrogens (tertiary/aromatic N) is 4. The van der Waals surface area contributed by atoms with Gasteiger partial charge in [-0.1, -0.05) is 42.3 Å². The molecular weight excluding hydrogens is 482 g/mol. The largest absolute Gasteiger partial charge is 0.497 e. The predicted octanol–water partition coefficient (Wildman–Crippen LogP) is 4.28. The van der Waals surface area contributed by atoms with Gasteiger partial charge in [-0.2, -0.15) is 0 Å². The topological polar surface area (TPSA) is 98.6 Å². The molecule has 9 nitrogen and oxygen atoms in total. The Hall–Kier alpha value is -4.40. The Kier molecular flexibility index (Phi) is 7.53. The smallest absolute Gasteiger partial charge is 0.249 e. The SMILES string of the molecule is COc1ccc(N(C(=O)Cn2nnc3ccccc32)[C@H](C(=O)NC2CCCC2)c2cccc(OC)c2)cc1. The first-order valence-electron chi connectivity index (χ1n) is 12.8. The number of carbonyl (C=O) groups excluding carboxylic acids is 2. The van der Waals surface area contributed by atoms with Crippen LogP contribution in [-0.2, 0) is 16.1 Å². The van der Waals surface area contributed by atoms with Gasteiger partial charge >= 0.3 is 0 Å². The van der Waals surface area contributed by atoms with E-state index in [4.69, 9.17) is 9.47 Å². The van der Waals surface area contributed by atoms with E-state index >= 15 is 0 Å². The number of hydrogen-bond acceptors (Lipinski definition) is 6. The summed E-state index contributed by atoms with van der Waals surface area (Å²) in [6, 6.07) is 21.0. The van der Waals surface area contributed by atoms with E-state index in [1.165, 1.54) is 4.90 Å². The lowest BCUT2D eigenvalue weighted by molar-refractivity contribution is -0.127. The summed E-state index contributed by atoms with van der Waals surface area (Å²) in [5.74, 6) is 0.709. The lowest BCUT2D eigenvalue weighted by Gasteiger charge is -2.32. The molecule has 38 heavy (non-hydrogen) atoms. The highest BCUT2D eigenvalue weighted by molar-refractivity contribution is 6.01. The quantitative estimate of drug-likeness (QED) is 0.359.